The monoisotopic (exact) mass is 474 g/mol. The summed E-state index contributed by atoms with van der Waals surface area (Å²) >= 11 is 0. The van der Waals surface area contributed by atoms with Crippen molar-refractivity contribution >= 4 is 5.65 Å². The lowest BCUT2D eigenvalue weighted by Crippen LogP contribution is -2.38. The molecule has 0 radical (unpaired) electrons. The highest BCUT2D eigenvalue weighted by molar-refractivity contribution is 5.39. The van der Waals surface area contributed by atoms with Crippen LogP contribution in [-0.2, 0) is 4.74 Å². The van der Waals surface area contributed by atoms with Gasteiger partial charge in [0.2, 0.25) is 5.88 Å². The van der Waals surface area contributed by atoms with Gasteiger partial charge in [0, 0.05) is 32.4 Å². The Hall–Kier alpha value is -3.26. The molecule has 1 fully saturated rings. The first-order valence-corrected chi connectivity index (χ1v) is 12.2. The van der Waals surface area contributed by atoms with E-state index in [9.17, 15) is 0 Å². The molecule has 0 aliphatic carbocycles. The highest BCUT2D eigenvalue weighted by Crippen LogP contribution is 2.29. The van der Waals surface area contributed by atoms with Crippen molar-refractivity contribution < 1.29 is 14.6 Å². The Labute approximate surface area is 207 Å². The topological polar surface area (TPSA) is 72.1 Å². The van der Waals surface area contributed by atoms with Crippen molar-refractivity contribution in [2.24, 2.45) is 0 Å². The second-order valence-electron chi connectivity index (χ2n) is 8.57. The zero-order valence-corrected chi connectivity index (χ0v) is 20.2. The maximum Gasteiger partial charge on any atom is 0.234 e. The van der Waals surface area contributed by atoms with Gasteiger partial charge in [-0.1, -0.05) is 60.7 Å². The van der Waals surface area contributed by atoms with Crippen LogP contribution in [0.15, 0.2) is 85.2 Å². The summed E-state index contributed by atoms with van der Waals surface area (Å²) in [6.45, 7) is 3.38. The summed E-state index contributed by atoms with van der Waals surface area (Å²) in [5, 5.41) is 13.0. The first-order chi connectivity index (χ1) is 17.3. The number of imidazole rings is 1. The van der Waals surface area contributed by atoms with Crippen molar-refractivity contribution in [1.29, 1.82) is 0 Å². The van der Waals surface area contributed by atoms with Gasteiger partial charge >= 0.3 is 0 Å². The smallest absolute Gasteiger partial charge is 0.234 e. The summed E-state index contributed by atoms with van der Waals surface area (Å²) in [6.07, 6.45) is 6.71. The molecule has 1 aliphatic heterocycles. The number of ether oxygens (including phenoxy) is 2. The lowest BCUT2D eigenvalue weighted by Gasteiger charge is -2.34. The summed E-state index contributed by atoms with van der Waals surface area (Å²) < 4.78 is 13.1. The van der Waals surface area contributed by atoms with Gasteiger partial charge in [0.05, 0.1) is 19.4 Å². The molecule has 3 heterocycles. The number of aromatic nitrogens is 3. The highest BCUT2D eigenvalue weighted by Gasteiger charge is 2.24. The van der Waals surface area contributed by atoms with E-state index in [0.717, 1.165) is 44.5 Å². The van der Waals surface area contributed by atoms with Gasteiger partial charge in [-0.25, -0.2) is 4.52 Å². The summed E-state index contributed by atoms with van der Waals surface area (Å²) in [5.41, 5.74) is 3.22. The number of methoxy groups -OCH3 is 1. The number of hydrogen-bond donors (Lipinski definition) is 1. The molecular weight excluding hydrogens is 440 g/mol. The van der Waals surface area contributed by atoms with E-state index in [1.165, 1.54) is 11.1 Å². The molecule has 0 bridgehead atoms. The van der Waals surface area contributed by atoms with E-state index in [1.807, 2.05) is 24.3 Å². The van der Waals surface area contributed by atoms with E-state index < -0.39 is 0 Å². The van der Waals surface area contributed by atoms with Crippen molar-refractivity contribution in [1.82, 2.24) is 19.5 Å². The van der Waals surface area contributed by atoms with Gasteiger partial charge in [-0.15, -0.1) is 0 Å². The number of aliphatic hydroxyl groups excluding tert-OH is 1. The van der Waals surface area contributed by atoms with Gasteiger partial charge in [0.1, 0.15) is 6.10 Å². The van der Waals surface area contributed by atoms with Crippen LogP contribution < -0.4 is 4.74 Å². The number of aliphatic hydroxyl groups is 1. The average molecular weight is 475 g/mol. The van der Waals surface area contributed by atoms with Crippen LogP contribution in [0.3, 0.4) is 0 Å². The van der Waals surface area contributed by atoms with E-state index in [-0.39, 0.29) is 12.7 Å². The Morgan fingerprint density at radius 2 is 1.60 bits per heavy atom. The molecule has 2 aromatic heterocycles. The summed E-state index contributed by atoms with van der Waals surface area (Å²) in [6, 6.07) is 24.7. The molecule has 0 atom stereocenters. The van der Waals surface area contributed by atoms with E-state index >= 15 is 0 Å². The minimum Gasteiger partial charge on any atom is -0.480 e. The van der Waals surface area contributed by atoms with Crippen LogP contribution in [0.5, 0.6) is 5.88 Å². The van der Waals surface area contributed by atoms with Crippen LogP contribution >= 0.6 is 0 Å². The zero-order valence-electron chi connectivity index (χ0n) is 20.2. The fraction of sp³-hybridized carbons (Fsp3) is 0.357. The van der Waals surface area contributed by atoms with Crippen LogP contribution in [0.1, 0.15) is 36.5 Å². The number of fused-ring (bicyclic) bond motifs is 1. The van der Waals surface area contributed by atoms with Crippen molar-refractivity contribution in [2.75, 3.05) is 33.4 Å². The Morgan fingerprint density at radius 1 is 0.943 bits per heavy atom. The lowest BCUT2D eigenvalue weighted by molar-refractivity contribution is -0.0274. The Morgan fingerprint density at radius 3 is 2.17 bits per heavy atom. The molecule has 0 unspecified atom stereocenters. The molecule has 4 aromatic rings. The second kappa shape index (κ2) is 13.0. The molecule has 2 aromatic carbocycles. The quantitative estimate of drug-likeness (QED) is 0.409. The summed E-state index contributed by atoms with van der Waals surface area (Å²) in [7, 11) is 1.59. The highest BCUT2D eigenvalue weighted by atomic mass is 16.5. The Bertz CT molecular complexity index is 1060. The van der Waals surface area contributed by atoms with Gasteiger partial charge < -0.3 is 19.5 Å². The zero-order chi connectivity index (χ0) is 24.3. The van der Waals surface area contributed by atoms with E-state index in [4.69, 9.17) is 14.6 Å². The third kappa shape index (κ3) is 7.11. The predicted octanol–water partition coefficient (Wildman–Crippen LogP) is 4.38. The van der Waals surface area contributed by atoms with Crippen LogP contribution in [0, 0.1) is 0 Å². The van der Waals surface area contributed by atoms with Crippen molar-refractivity contribution in [2.45, 2.75) is 31.5 Å². The number of likely N-dealkylation sites (tertiary alicyclic amines) is 1. The molecule has 7 heteroatoms. The SMILES string of the molecule is COc1cn2ncccc2n1.OCCCN1CCC(OC(c2ccccc2)c2ccccc2)CC1. The first-order valence-electron chi connectivity index (χ1n) is 12.2. The van der Waals surface area contributed by atoms with E-state index in [1.54, 1.807) is 24.0 Å². The van der Waals surface area contributed by atoms with E-state index in [0.29, 0.717) is 12.0 Å². The molecule has 7 nitrogen and oxygen atoms in total. The van der Waals surface area contributed by atoms with Crippen molar-refractivity contribution in [3.63, 3.8) is 0 Å². The molecule has 184 valence electrons. The molecule has 1 N–H and O–H groups in total. The fourth-order valence-corrected chi connectivity index (χ4v) is 4.27. The molecule has 1 aliphatic rings. The van der Waals surface area contributed by atoms with Gasteiger partial charge in [-0.05, 0) is 42.5 Å². The third-order valence-corrected chi connectivity index (χ3v) is 6.12. The number of benzene rings is 2. The predicted molar refractivity (Wildman–Crippen MR) is 137 cm³/mol. The summed E-state index contributed by atoms with van der Waals surface area (Å²) in [5.74, 6) is 0.587. The van der Waals surface area contributed by atoms with Gasteiger partial charge in [-0.3, -0.25) is 0 Å². The number of hydrogen-bond acceptors (Lipinski definition) is 6. The maximum atomic E-state index is 8.97. The Balaban J connectivity index is 0.000000218. The molecule has 0 spiro atoms. The van der Waals surface area contributed by atoms with Crippen LogP contribution in [0.4, 0.5) is 0 Å². The molecule has 5 rings (SSSR count). The van der Waals surface area contributed by atoms with Crippen LogP contribution in [0.25, 0.3) is 5.65 Å². The van der Waals surface area contributed by atoms with Crippen molar-refractivity contribution in [3.8, 4) is 5.88 Å². The fourth-order valence-electron chi connectivity index (χ4n) is 4.27. The molecule has 0 amide bonds. The van der Waals surface area contributed by atoms with Crippen LogP contribution in [0.2, 0.25) is 0 Å². The van der Waals surface area contributed by atoms with E-state index in [2.05, 4.69) is 63.5 Å². The third-order valence-electron chi connectivity index (χ3n) is 6.12. The molecule has 0 saturated carbocycles. The van der Waals surface area contributed by atoms with Crippen molar-refractivity contribution in [3.05, 3.63) is 96.3 Å². The van der Waals surface area contributed by atoms with Gasteiger partial charge in [0.25, 0.3) is 0 Å². The largest absolute Gasteiger partial charge is 0.480 e. The second-order valence-corrected chi connectivity index (χ2v) is 8.57. The normalized spacial score (nSPS) is 14.6. The minimum absolute atomic E-state index is 0.00129. The summed E-state index contributed by atoms with van der Waals surface area (Å²) in [4.78, 5) is 6.54. The lowest BCUT2D eigenvalue weighted by atomic mass is 10.00. The van der Waals surface area contributed by atoms with Crippen LogP contribution in [-0.4, -0.2) is 64.1 Å². The van der Waals surface area contributed by atoms with Gasteiger partial charge in [-0.2, -0.15) is 10.1 Å². The number of nitrogens with zero attached hydrogens (tertiary/aromatic N) is 4. The standard InChI is InChI=1S/C21H27NO2.C7H7N3O/c23-17-7-14-22-15-12-20(13-16-22)24-21(18-8-3-1-4-9-18)19-10-5-2-6-11-19;1-11-7-5-10-6(9-7)3-2-4-8-10/h1-6,8-11,20-21,23H,7,12-17H2;2-5H,1H3. The first kappa shape index (κ1) is 24.9. The van der Waals surface area contributed by atoms with Gasteiger partial charge in [0.15, 0.2) is 5.65 Å². The maximum absolute atomic E-state index is 8.97. The molecular formula is C28H34N4O3. The molecule has 1 saturated heterocycles. The number of rotatable bonds is 8. The average Bonchev–Trinajstić information content (AvgIpc) is 3.36. The molecule has 35 heavy (non-hydrogen) atoms. The number of piperidine rings is 1. The minimum atomic E-state index is 0.00129. The Kier molecular flexibility index (Phi) is 9.23.